The summed E-state index contributed by atoms with van der Waals surface area (Å²) in [5.41, 5.74) is 2.78. The summed E-state index contributed by atoms with van der Waals surface area (Å²) in [7, 11) is 0. The lowest BCUT2D eigenvalue weighted by Crippen LogP contribution is -2.38. The van der Waals surface area contributed by atoms with Gasteiger partial charge in [-0.3, -0.25) is 9.69 Å². The fraction of sp³-hybridized carbons (Fsp3) is 0.286. The number of hydrogen-bond donors (Lipinski definition) is 2. The smallest absolute Gasteiger partial charge is 0.256 e. The minimum Gasteiger partial charge on any atom is -0.457 e. The molecule has 150 valence electrons. The predicted octanol–water partition coefficient (Wildman–Crippen LogP) is 5.55. The molecule has 4 heterocycles. The van der Waals surface area contributed by atoms with E-state index in [-0.39, 0.29) is 5.91 Å². The van der Waals surface area contributed by atoms with Crippen LogP contribution in [-0.2, 0) is 13.0 Å². The number of carbonyl (C=O) groups excluding carboxylic acids is 1. The highest BCUT2D eigenvalue weighted by Crippen LogP contribution is 2.41. The van der Waals surface area contributed by atoms with Crippen LogP contribution in [0.5, 0.6) is 0 Å². The summed E-state index contributed by atoms with van der Waals surface area (Å²) < 4.78 is 6.02. The van der Waals surface area contributed by atoms with Gasteiger partial charge in [0.1, 0.15) is 16.5 Å². The molecule has 1 aromatic carbocycles. The first-order chi connectivity index (χ1) is 14.0. The zero-order chi connectivity index (χ0) is 20.1. The summed E-state index contributed by atoms with van der Waals surface area (Å²) >= 11 is 13.9. The predicted molar refractivity (Wildman–Crippen MR) is 117 cm³/mol. The number of halogens is 2. The van der Waals surface area contributed by atoms with E-state index in [1.54, 1.807) is 29.5 Å². The Kier molecular flexibility index (Phi) is 4.82. The molecule has 2 aliphatic heterocycles. The Bertz CT molecular complexity index is 1090. The van der Waals surface area contributed by atoms with Crippen LogP contribution >= 0.6 is 34.5 Å². The Morgan fingerprint density at radius 2 is 2.00 bits per heavy atom. The van der Waals surface area contributed by atoms with Crippen LogP contribution in [-0.4, -0.2) is 23.9 Å². The molecule has 0 saturated heterocycles. The summed E-state index contributed by atoms with van der Waals surface area (Å²) in [5.74, 6) is 1.24. The highest BCUT2D eigenvalue weighted by molar-refractivity contribution is 7.16. The van der Waals surface area contributed by atoms with E-state index in [9.17, 15) is 4.79 Å². The topological polar surface area (TPSA) is 57.5 Å². The number of rotatable bonds is 3. The molecule has 0 radical (unpaired) electrons. The lowest BCUT2D eigenvalue weighted by atomic mass is 10.0. The van der Waals surface area contributed by atoms with Crippen LogP contribution < -0.4 is 10.6 Å². The molecule has 0 spiro atoms. The van der Waals surface area contributed by atoms with Crippen molar-refractivity contribution in [1.82, 2.24) is 10.2 Å². The maximum absolute atomic E-state index is 12.9. The van der Waals surface area contributed by atoms with Crippen LogP contribution in [0.1, 0.15) is 39.6 Å². The SMILES string of the molecule is CCN1CCc2c(sc3c2C(=O)N[C@@H](c2ccc(-c4cc(Cl)cc(Cl)c4)o2)N3)C1. The van der Waals surface area contributed by atoms with Crippen molar-refractivity contribution in [1.29, 1.82) is 0 Å². The van der Waals surface area contributed by atoms with E-state index < -0.39 is 6.17 Å². The minimum atomic E-state index is -0.416. The summed E-state index contributed by atoms with van der Waals surface area (Å²) in [5, 5.41) is 8.49. The van der Waals surface area contributed by atoms with Gasteiger partial charge in [-0.05, 0) is 48.9 Å². The lowest BCUT2D eigenvalue weighted by Gasteiger charge is -2.27. The van der Waals surface area contributed by atoms with E-state index in [4.69, 9.17) is 27.6 Å². The number of fused-ring (bicyclic) bond motifs is 3. The van der Waals surface area contributed by atoms with Crippen LogP contribution in [0.2, 0.25) is 10.0 Å². The van der Waals surface area contributed by atoms with E-state index >= 15 is 0 Å². The number of carbonyl (C=O) groups is 1. The number of nitrogens with zero attached hydrogens (tertiary/aromatic N) is 1. The average Bonchev–Trinajstić information content (AvgIpc) is 3.31. The van der Waals surface area contributed by atoms with Gasteiger partial charge in [0.2, 0.25) is 0 Å². The van der Waals surface area contributed by atoms with Crippen LogP contribution in [0.3, 0.4) is 0 Å². The number of hydrogen-bond acceptors (Lipinski definition) is 5. The second-order valence-corrected chi connectivity index (χ2v) is 9.22. The number of anilines is 1. The standard InChI is InChI=1S/C21H19Cl2N3O2S/c1-2-26-6-5-14-17(10-26)29-21-18(14)20(27)24-19(25-21)16-4-3-15(28-16)11-7-12(22)9-13(23)8-11/h3-4,7-9,19,25H,2,5-6,10H2,1H3,(H,24,27)/t19-/m1/s1. The van der Waals surface area contributed by atoms with Crippen LogP contribution in [0.4, 0.5) is 5.00 Å². The first-order valence-corrected chi connectivity index (χ1v) is 11.1. The van der Waals surface area contributed by atoms with Crippen LogP contribution in [0, 0.1) is 0 Å². The van der Waals surface area contributed by atoms with E-state index in [2.05, 4.69) is 22.5 Å². The number of amides is 1. The van der Waals surface area contributed by atoms with E-state index in [1.807, 2.05) is 12.1 Å². The summed E-state index contributed by atoms with van der Waals surface area (Å²) in [6.07, 6.45) is 0.496. The first-order valence-electron chi connectivity index (χ1n) is 9.52. The Morgan fingerprint density at radius 1 is 1.21 bits per heavy atom. The Hall–Kier alpha value is -1.99. The summed E-state index contributed by atoms with van der Waals surface area (Å²) in [6, 6.07) is 9.00. The number of furan rings is 1. The van der Waals surface area contributed by atoms with Gasteiger partial charge in [-0.1, -0.05) is 30.1 Å². The second kappa shape index (κ2) is 7.36. The molecule has 0 aliphatic carbocycles. The number of thiophene rings is 1. The molecule has 29 heavy (non-hydrogen) atoms. The molecular formula is C21H19Cl2N3O2S. The Morgan fingerprint density at radius 3 is 2.76 bits per heavy atom. The quantitative estimate of drug-likeness (QED) is 0.552. The molecule has 0 saturated carbocycles. The van der Waals surface area contributed by atoms with Crippen molar-refractivity contribution in [2.75, 3.05) is 18.4 Å². The lowest BCUT2D eigenvalue weighted by molar-refractivity contribution is 0.0930. The highest BCUT2D eigenvalue weighted by Gasteiger charge is 2.34. The van der Waals surface area contributed by atoms with Gasteiger partial charge < -0.3 is 15.1 Å². The molecular weight excluding hydrogens is 429 g/mol. The fourth-order valence-electron chi connectivity index (χ4n) is 3.94. The molecule has 1 amide bonds. The van der Waals surface area contributed by atoms with Crippen molar-refractivity contribution in [3.05, 3.63) is 62.1 Å². The third-order valence-corrected chi connectivity index (χ3v) is 7.00. The van der Waals surface area contributed by atoms with Gasteiger partial charge in [-0.2, -0.15) is 0 Å². The summed E-state index contributed by atoms with van der Waals surface area (Å²) in [4.78, 5) is 16.6. The van der Waals surface area contributed by atoms with E-state index in [1.165, 1.54) is 10.4 Å². The molecule has 5 rings (SSSR count). The van der Waals surface area contributed by atoms with Crippen molar-refractivity contribution in [2.24, 2.45) is 0 Å². The molecule has 0 unspecified atom stereocenters. The molecule has 2 aliphatic rings. The van der Waals surface area contributed by atoms with Crippen molar-refractivity contribution in [3.63, 3.8) is 0 Å². The molecule has 0 fully saturated rings. The number of nitrogens with one attached hydrogen (secondary N) is 2. The maximum Gasteiger partial charge on any atom is 0.256 e. The molecule has 5 nitrogen and oxygen atoms in total. The molecule has 3 aromatic rings. The van der Waals surface area contributed by atoms with Crippen molar-refractivity contribution in [2.45, 2.75) is 26.1 Å². The van der Waals surface area contributed by atoms with Crippen LogP contribution in [0.15, 0.2) is 34.7 Å². The second-order valence-electron chi connectivity index (χ2n) is 7.24. The average molecular weight is 448 g/mol. The molecule has 1 atom stereocenters. The van der Waals surface area contributed by atoms with E-state index in [0.717, 1.165) is 42.2 Å². The zero-order valence-corrected chi connectivity index (χ0v) is 18.0. The minimum absolute atomic E-state index is 0.0463. The molecule has 2 N–H and O–H groups in total. The van der Waals surface area contributed by atoms with Gasteiger partial charge in [0.15, 0.2) is 6.17 Å². The van der Waals surface area contributed by atoms with Gasteiger partial charge in [0.25, 0.3) is 5.91 Å². The van der Waals surface area contributed by atoms with Gasteiger partial charge in [0, 0.05) is 33.6 Å². The largest absolute Gasteiger partial charge is 0.457 e. The Balaban J connectivity index is 1.43. The first kappa shape index (κ1) is 19.0. The normalized spacial score (nSPS) is 18.7. The maximum atomic E-state index is 12.9. The third kappa shape index (κ3) is 3.44. The highest BCUT2D eigenvalue weighted by atomic mass is 35.5. The molecule has 0 bridgehead atoms. The number of benzene rings is 1. The summed E-state index contributed by atoms with van der Waals surface area (Å²) in [6.45, 7) is 5.09. The van der Waals surface area contributed by atoms with Gasteiger partial charge in [-0.15, -0.1) is 11.3 Å². The van der Waals surface area contributed by atoms with E-state index in [0.29, 0.717) is 21.6 Å². The van der Waals surface area contributed by atoms with Crippen molar-refractivity contribution in [3.8, 4) is 11.3 Å². The zero-order valence-electron chi connectivity index (χ0n) is 15.7. The van der Waals surface area contributed by atoms with Crippen LogP contribution in [0.25, 0.3) is 11.3 Å². The monoisotopic (exact) mass is 447 g/mol. The fourth-order valence-corrected chi connectivity index (χ4v) is 5.78. The van der Waals surface area contributed by atoms with Gasteiger partial charge >= 0.3 is 0 Å². The van der Waals surface area contributed by atoms with Gasteiger partial charge in [0.05, 0.1) is 5.56 Å². The third-order valence-electron chi connectivity index (χ3n) is 5.42. The van der Waals surface area contributed by atoms with Gasteiger partial charge in [-0.25, -0.2) is 0 Å². The number of likely N-dealkylation sites (N-methyl/N-ethyl adjacent to an activating group) is 1. The molecule has 2 aromatic heterocycles. The Labute approximate surface area is 182 Å². The van der Waals surface area contributed by atoms with Crippen molar-refractivity contribution >= 4 is 45.4 Å². The van der Waals surface area contributed by atoms with Crippen molar-refractivity contribution < 1.29 is 9.21 Å². The molecule has 8 heteroatoms.